The summed E-state index contributed by atoms with van der Waals surface area (Å²) < 4.78 is 5.05. The van der Waals surface area contributed by atoms with E-state index in [1.165, 1.54) is 12.8 Å². The van der Waals surface area contributed by atoms with Gasteiger partial charge in [0, 0.05) is 51.5 Å². The Morgan fingerprint density at radius 1 is 0.931 bits per heavy atom. The Bertz CT molecular complexity index is 810. The number of amides is 1. The first-order chi connectivity index (χ1) is 14.1. The van der Waals surface area contributed by atoms with Gasteiger partial charge >= 0.3 is 0 Å². The molecule has 29 heavy (non-hydrogen) atoms. The Morgan fingerprint density at radius 2 is 1.55 bits per heavy atom. The largest absolute Gasteiger partial charge is 0.481 e. The van der Waals surface area contributed by atoms with Crippen LogP contribution in [0.1, 0.15) is 30.1 Å². The maximum Gasteiger partial charge on any atom is 0.255 e. The summed E-state index contributed by atoms with van der Waals surface area (Å²) in [5.41, 5.74) is 0.583. The van der Waals surface area contributed by atoms with E-state index >= 15 is 0 Å². The highest BCUT2D eigenvalue weighted by Gasteiger charge is 2.24. The molecule has 0 bridgehead atoms. The van der Waals surface area contributed by atoms with E-state index in [2.05, 4.69) is 38.0 Å². The van der Waals surface area contributed by atoms with Crippen LogP contribution in [0.25, 0.3) is 0 Å². The summed E-state index contributed by atoms with van der Waals surface area (Å²) in [7, 11) is 1.56. The minimum atomic E-state index is 0.000520. The number of carbonyl (C=O) groups is 1. The molecular formula is C21H28N6O2. The highest BCUT2D eigenvalue weighted by molar-refractivity contribution is 5.94. The first-order valence-corrected chi connectivity index (χ1v) is 10.3. The fourth-order valence-corrected chi connectivity index (χ4v) is 3.84. The molecule has 0 radical (unpaired) electrons. The third kappa shape index (κ3) is 4.41. The van der Waals surface area contributed by atoms with Crippen molar-refractivity contribution in [1.82, 2.24) is 20.1 Å². The number of anilines is 2. The van der Waals surface area contributed by atoms with Crippen LogP contribution in [-0.2, 0) is 0 Å². The molecule has 0 aromatic carbocycles. The van der Waals surface area contributed by atoms with Crippen molar-refractivity contribution in [2.75, 3.05) is 56.2 Å². The molecule has 8 nitrogen and oxygen atoms in total. The maximum absolute atomic E-state index is 12.7. The molecule has 8 heteroatoms. The second-order valence-electron chi connectivity index (χ2n) is 7.79. The van der Waals surface area contributed by atoms with Crippen LogP contribution in [0.2, 0.25) is 0 Å². The molecule has 4 heterocycles. The molecule has 0 unspecified atom stereocenters. The Labute approximate surface area is 171 Å². The van der Waals surface area contributed by atoms with Gasteiger partial charge in [0.05, 0.1) is 12.7 Å². The molecule has 0 N–H and O–H groups in total. The molecule has 0 saturated carbocycles. The number of piperidine rings is 1. The van der Waals surface area contributed by atoms with Gasteiger partial charge in [0.2, 0.25) is 5.88 Å². The van der Waals surface area contributed by atoms with Crippen LogP contribution in [0.3, 0.4) is 0 Å². The number of aromatic nitrogens is 3. The van der Waals surface area contributed by atoms with Gasteiger partial charge in [-0.2, -0.15) is 0 Å². The van der Waals surface area contributed by atoms with Crippen molar-refractivity contribution in [2.24, 2.45) is 5.92 Å². The van der Waals surface area contributed by atoms with Crippen LogP contribution in [0.5, 0.6) is 5.88 Å². The second kappa shape index (κ2) is 8.63. The van der Waals surface area contributed by atoms with Crippen molar-refractivity contribution >= 4 is 17.5 Å². The molecule has 2 aliphatic rings. The third-order valence-electron chi connectivity index (χ3n) is 5.83. The zero-order valence-corrected chi connectivity index (χ0v) is 17.1. The lowest BCUT2D eigenvalue weighted by atomic mass is 9.99. The zero-order chi connectivity index (χ0) is 20.2. The fraction of sp³-hybridized carbons (Fsp3) is 0.524. The van der Waals surface area contributed by atoms with Crippen molar-refractivity contribution in [3.63, 3.8) is 0 Å². The summed E-state index contributed by atoms with van der Waals surface area (Å²) in [4.78, 5) is 23.2. The molecule has 4 rings (SSSR count). The molecule has 0 aliphatic carbocycles. The predicted molar refractivity (Wildman–Crippen MR) is 112 cm³/mol. The van der Waals surface area contributed by atoms with Crippen LogP contribution in [0.15, 0.2) is 30.5 Å². The normalized spacial score (nSPS) is 18.1. The van der Waals surface area contributed by atoms with Gasteiger partial charge < -0.3 is 19.4 Å². The molecule has 2 aromatic rings. The second-order valence-corrected chi connectivity index (χ2v) is 7.79. The summed E-state index contributed by atoms with van der Waals surface area (Å²) in [6, 6.07) is 7.58. The average Bonchev–Trinajstić information content (AvgIpc) is 2.79. The van der Waals surface area contributed by atoms with Gasteiger partial charge in [-0.15, -0.1) is 10.2 Å². The number of carbonyl (C=O) groups excluding carboxylic acids is 1. The van der Waals surface area contributed by atoms with E-state index in [9.17, 15) is 4.79 Å². The summed E-state index contributed by atoms with van der Waals surface area (Å²) in [6.45, 7) is 7.19. The molecule has 0 atom stereocenters. The number of piperazine rings is 1. The maximum atomic E-state index is 12.7. The van der Waals surface area contributed by atoms with Crippen LogP contribution in [0, 0.1) is 5.92 Å². The van der Waals surface area contributed by atoms with Gasteiger partial charge in [0.15, 0.2) is 11.6 Å². The molecule has 2 aliphatic heterocycles. The molecule has 2 aromatic heterocycles. The highest BCUT2D eigenvalue weighted by Crippen LogP contribution is 2.22. The Hall–Kier alpha value is -2.90. The van der Waals surface area contributed by atoms with Gasteiger partial charge in [0.25, 0.3) is 5.91 Å². The van der Waals surface area contributed by atoms with Crippen molar-refractivity contribution in [3.05, 3.63) is 36.0 Å². The number of hydrogen-bond acceptors (Lipinski definition) is 7. The Morgan fingerprint density at radius 3 is 2.07 bits per heavy atom. The monoisotopic (exact) mass is 396 g/mol. The number of ether oxygens (including phenoxy) is 1. The molecule has 2 fully saturated rings. The van der Waals surface area contributed by atoms with Crippen molar-refractivity contribution in [1.29, 1.82) is 0 Å². The summed E-state index contributed by atoms with van der Waals surface area (Å²) in [5, 5.41) is 8.90. The van der Waals surface area contributed by atoms with Crippen molar-refractivity contribution in [3.8, 4) is 5.88 Å². The van der Waals surface area contributed by atoms with E-state index in [1.807, 2.05) is 11.0 Å². The smallest absolute Gasteiger partial charge is 0.255 e. The quantitative estimate of drug-likeness (QED) is 0.783. The van der Waals surface area contributed by atoms with Crippen LogP contribution in [0.4, 0.5) is 11.6 Å². The molecule has 154 valence electrons. The van der Waals surface area contributed by atoms with Crippen molar-refractivity contribution in [2.45, 2.75) is 19.8 Å². The van der Waals surface area contributed by atoms with E-state index in [0.29, 0.717) is 24.5 Å². The highest BCUT2D eigenvalue weighted by atomic mass is 16.5. The van der Waals surface area contributed by atoms with Gasteiger partial charge in [-0.25, -0.2) is 4.98 Å². The van der Waals surface area contributed by atoms with E-state index < -0.39 is 0 Å². The van der Waals surface area contributed by atoms with E-state index in [-0.39, 0.29) is 5.91 Å². The number of methoxy groups -OCH3 is 1. The van der Waals surface area contributed by atoms with Gasteiger partial charge in [-0.3, -0.25) is 4.79 Å². The van der Waals surface area contributed by atoms with Crippen LogP contribution >= 0.6 is 0 Å². The lowest BCUT2D eigenvalue weighted by Crippen LogP contribution is -2.49. The number of hydrogen-bond donors (Lipinski definition) is 0. The first kappa shape index (κ1) is 19.4. The lowest BCUT2D eigenvalue weighted by molar-refractivity contribution is 0.0746. The standard InChI is InChI=1S/C21H28N6O2/c1-16-7-9-25(10-8-16)18-4-5-19(24-23-18)26-11-13-27(14-12-26)21(28)17-3-6-20(29-2)22-15-17/h3-6,15-16H,7-14H2,1-2H3. The first-order valence-electron chi connectivity index (χ1n) is 10.3. The molecular weight excluding hydrogens is 368 g/mol. The molecule has 2 saturated heterocycles. The Balaban J connectivity index is 1.32. The van der Waals surface area contributed by atoms with Crippen LogP contribution < -0.4 is 14.5 Å². The van der Waals surface area contributed by atoms with E-state index in [1.54, 1.807) is 25.4 Å². The summed E-state index contributed by atoms with van der Waals surface area (Å²) in [6.07, 6.45) is 3.99. The Kier molecular flexibility index (Phi) is 5.78. The summed E-state index contributed by atoms with van der Waals surface area (Å²) in [5.74, 6) is 3.14. The topological polar surface area (TPSA) is 74.7 Å². The minimum Gasteiger partial charge on any atom is -0.481 e. The predicted octanol–water partition coefficient (Wildman–Crippen LogP) is 2.08. The van der Waals surface area contributed by atoms with Gasteiger partial charge in [-0.05, 0) is 37.0 Å². The zero-order valence-electron chi connectivity index (χ0n) is 17.1. The molecule has 1 amide bonds. The average molecular weight is 396 g/mol. The minimum absolute atomic E-state index is 0.000520. The van der Waals surface area contributed by atoms with Gasteiger partial charge in [0.1, 0.15) is 0 Å². The van der Waals surface area contributed by atoms with Gasteiger partial charge in [-0.1, -0.05) is 6.92 Å². The van der Waals surface area contributed by atoms with E-state index in [0.717, 1.165) is 43.7 Å². The third-order valence-corrected chi connectivity index (χ3v) is 5.83. The molecule has 0 spiro atoms. The number of pyridine rings is 1. The van der Waals surface area contributed by atoms with Crippen LogP contribution in [-0.4, -0.2) is 72.4 Å². The number of rotatable bonds is 4. The van der Waals surface area contributed by atoms with Crippen molar-refractivity contribution < 1.29 is 9.53 Å². The summed E-state index contributed by atoms with van der Waals surface area (Å²) >= 11 is 0. The SMILES string of the molecule is COc1ccc(C(=O)N2CCN(c3ccc(N4CCC(C)CC4)nn3)CC2)cn1. The number of nitrogens with zero attached hydrogens (tertiary/aromatic N) is 6. The lowest BCUT2D eigenvalue weighted by Gasteiger charge is -2.35. The fourth-order valence-electron chi connectivity index (χ4n) is 3.84. The van der Waals surface area contributed by atoms with E-state index in [4.69, 9.17) is 4.74 Å².